The minimum absolute atomic E-state index is 0.280. The van der Waals surface area contributed by atoms with Gasteiger partial charge >= 0.3 is 0 Å². The molecular formula is C12H23N3. The van der Waals surface area contributed by atoms with Crippen LogP contribution in [0.1, 0.15) is 40.0 Å². The summed E-state index contributed by atoms with van der Waals surface area (Å²) >= 11 is 0. The van der Waals surface area contributed by atoms with E-state index in [1.807, 2.05) is 0 Å². The van der Waals surface area contributed by atoms with Gasteiger partial charge in [-0.15, -0.1) is 0 Å². The third-order valence-electron chi connectivity index (χ3n) is 3.16. The van der Waals surface area contributed by atoms with Crippen molar-refractivity contribution in [3.05, 3.63) is 0 Å². The Labute approximate surface area is 93.5 Å². The Morgan fingerprint density at radius 3 is 2.67 bits per heavy atom. The number of nitrogens with zero attached hydrogens (tertiary/aromatic N) is 2. The summed E-state index contributed by atoms with van der Waals surface area (Å²) in [5.74, 6) is 0. The predicted molar refractivity (Wildman–Crippen MR) is 62.6 cm³/mol. The molecule has 0 spiro atoms. The van der Waals surface area contributed by atoms with Crippen molar-refractivity contribution < 1.29 is 0 Å². The highest BCUT2D eigenvalue weighted by Crippen LogP contribution is 2.22. The molecule has 0 amide bonds. The highest BCUT2D eigenvalue weighted by atomic mass is 15.1. The second-order valence-electron chi connectivity index (χ2n) is 4.78. The highest BCUT2D eigenvalue weighted by molar-refractivity contribution is 5.08. The fourth-order valence-corrected chi connectivity index (χ4v) is 2.35. The van der Waals surface area contributed by atoms with Gasteiger partial charge in [-0.1, -0.05) is 6.92 Å². The van der Waals surface area contributed by atoms with Crippen LogP contribution in [0.25, 0.3) is 0 Å². The van der Waals surface area contributed by atoms with E-state index in [-0.39, 0.29) is 5.54 Å². The van der Waals surface area contributed by atoms with Crippen molar-refractivity contribution in [3.8, 4) is 6.07 Å². The zero-order chi connectivity index (χ0) is 11.3. The van der Waals surface area contributed by atoms with Crippen LogP contribution in [0.2, 0.25) is 0 Å². The van der Waals surface area contributed by atoms with Crippen molar-refractivity contribution in [2.45, 2.75) is 51.6 Å². The van der Waals surface area contributed by atoms with Crippen LogP contribution in [0.15, 0.2) is 0 Å². The Balaban J connectivity index is 2.62. The molecule has 1 heterocycles. The first-order chi connectivity index (χ1) is 7.12. The van der Waals surface area contributed by atoms with Crippen molar-refractivity contribution in [1.29, 1.82) is 5.26 Å². The van der Waals surface area contributed by atoms with E-state index >= 15 is 0 Å². The molecule has 1 aliphatic heterocycles. The minimum Gasteiger partial charge on any atom is -0.304 e. The van der Waals surface area contributed by atoms with Gasteiger partial charge in [0.05, 0.1) is 6.07 Å². The second kappa shape index (κ2) is 5.48. The van der Waals surface area contributed by atoms with Gasteiger partial charge in [0.15, 0.2) is 0 Å². The average Bonchev–Trinajstić information content (AvgIpc) is 2.40. The first kappa shape index (κ1) is 12.5. The van der Waals surface area contributed by atoms with E-state index in [9.17, 15) is 5.26 Å². The third-order valence-corrected chi connectivity index (χ3v) is 3.16. The van der Waals surface area contributed by atoms with Crippen LogP contribution in [0.5, 0.6) is 0 Å². The van der Waals surface area contributed by atoms with Gasteiger partial charge in [0, 0.05) is 12.6 Å². The molecule has 0 aromatic rings. The number of nitrogens with one attached hydrogen (secondary N) is 1. The quantitative estimate of drug-likeness (QED) is 0.769. The fraction of sp³-hybridized carbons (Fsp3) is 0.917. The Morgan fingerprint density at radius 2 is 2.13 bits per heavy atom. The number of likely N-dealkylation sites (tertiary alicyclic amines) is 1. The summed E-state index contributed by atoms with van der Waals surface area (Å²) in [7, 11) is 0. The highest BCUT2D eigenvalue weighted by Gasteiger charge is 2.32. The van der Waals surface area contributed by atoms with Crippen LogP contribution in [0.3, 0.4) is 0 Å². The molecule has 3 heteroatoms. The van der Waals surface area contributed by atoms with Gasteiger partial charge in [0.2, 0.25) is 0 Å². The van der Waals surface area contributed by atoms with Crippen LogP contribution in [0, 0.1) is 11.3 Å². The van der Waals surface area contributed by atoms with Crippen molar-refractivity contribution in [2.75, 3.05) is 19.6 Å². The second-order valence-corrected chi connectivity index (χ2v) is 4.78. The molecule has 1 N–H and O–H groups in total. The van der Waals surface area contributed by atoms with Crippen LogP contribution in [0.4, 0.5) is 0 Å². The summed E-state index contributed by atoms with van der Waals surface area (Å²) in [6.07, 6.45) is 3.06. The maximum atomic E-state index is 9.34. The lowest BCUT2D eigenvalue weighted by molar-refractivity contribution is 0.284. The SMILES string of the molecule is CCN1CCCC(C#N)(NC(C)C)CC1. The molecule has 86 valence electrons. The maximum absolute atomic E-state index is 9.34. The predicted octanol–water partition coefficient (Wildman–Crippen LogP) is 1.75. The van der Waals surface area contributed by atoms with E-state index in [0.717, 1.165) is 38.9 Å². The van der Waals surface area contributed by atoms with E-state index < -0.39 is 0 Å². The average molecular weight is 209 g/mol. The molecule has 1 unspecified atom stereocenters. The lowest BCUT2D eigenvalue weighted by Crippen LogP contribution is -2.48. The van der Waals surface area contributed by atoms with E-state index in [2.05, 4.69) is 37.1 Å². The maximum Gasteiger partial charge on any atom is 0.108 e. The largest absolute Gasteiger partial charge is 0.304 e. The van der Waals surface area contributed by atoms with Crippen molar-refractivity contribution in [2.24, 2.45) is 0 Å². The first-order valence-corrected chi connectivity index (χ1v) is 6.03. The molecule has 3 nitrogen and oxygen atoms in total. The van der Waals surface area contributed by atoms with E-state index in [4.69, 9.17) is 0 Å². The number of hydrogen-bond donors (Lipinski definition) is 1. The molecule has 0 aromatic heterocycles. The normalized spacial score (nSPS) is 28.7. The van der Waals surface area contributed by atoms with Gasteiger partial charge in [-0.25, -0.2) is 0 Å². The van der Waals surface area contributed by atoms with Gasteiger partial charge < -0.3 is 4.90 Å². The lowest BCUT2D eigenvalue weighted by atomic mass is 9.91. The Kier molecular flexibility index (Phi) is 4.56. The summed E-state index contributed by atoms with van der Waals surface area (Å²) in [6.45, 7) is 9.70. The molecular weight excluding hydrogens is 186 g/mol. The summed E-state index contributed by atoms with van der Waals surface area (Å²) in [5.41, 5.74) is -0.280. The third kappa shape index (κ3) is 3.48. The Bertz CT molecular complexity index is 232. The summed E-state index contributed by atoms with van der Waals surface area (Å²) in [6, 6.07) is 2.88. The topological polar surface area (TPSA) is 39.1 Å². The van der Waals surface area contributed by atoms with Crippen LogP contribution in [-0.2, 0) is 0 Å². The summed E-state index contributed by atoms with van der Waals surface area (Å²) < 4.78 is 0. The zero-order valence-electron chi connectivity index (χ0n) is 10.2. The molecule has 1 saturated heterocycles. The molecule has 1 aliphatic rings. The van der Waals surface area contributed by atoms with E-state index in [1.165, 1.54) is 0 Å². The van der Waals surface area contributed by atoms with Crippen molar-refractivity contribution >= 4 is 0 Å². The standard InChI is InChI=1S/C12H23N3/c1-4-15-8-5-6-12(10-13,7-9-15)14-11(2)3/h11,14H,4-9H2,1-3H3. The van der Waals surface area contributed by atoms with E-state index in [0.29, 0.717) is 6.04 Å². The Morgan fingerprint density at radius 1 is 1.40 bits per heavy atom. The molecule has 0 bridgehead atoms. The molecule has 0 saturated carbocycles. The van der Waals surface area contributed by atoms with E-state index in [1.54, 1.807) is 0 Å². The number of rotatable bonds is 3. The number of hydrogen-bond acceptors (Lipinski definition) is 3. The fourth-order valence-electron chi connectivity index (χ4n) is 2.35. The minimum atomic E-state index is -0.280. The van der Waals surface area contributed by atoms with Gasteiger partial charge in [0.1, 0.15) is 5.54 Å². The lowest BCUT2D eigenvalue weighted by Gasteiger charge is -2.28. The molecule has 1 fully saturated rings. The number of nitriles is 1. The molecule has 0 radical (unpaired) electrons. The molecule has 1 atom stereocenters. The van der Waals surface area contributed by atoms with Crippen LogP contribution >= 0.6 is 0 Å². The molecule has 15 heavy (non-hydrogen) atoms. The van der Waals surface area contributed by atoms with Crippen molar-refractivity contribution in [1.82, 2.24) is 10.2 Å². The van der Waals surface area contributed by atoms with Crippen LogP contribution in [-0.4, -0.2) is 36.1 Å². The summed E-state index contributed by atoms with van der Waals surface area (Å²) in [5, 5.41) is 12.8. The first-order valence-electron chi connectivity index (χ1n) is 6.03. The van der Waals surface area contributed by atoms with Gasteiger partial charge in [-0.3, -0.25) is 5.32 Å². The molecule has 0 aliphatic carbocycles. The monoisotopic (exact) mass is 209 g/mol. The van der Waals surface area contributed by atoms with Gasteiger partial charge in [-0.2, -0.15) is 5.26 Å². The molecule has 1 rings (SSSR count). The van der Waals surface area contributed by atoms with Gasteiger partial charge in [-0.05, 0) is 46.2 Å². The summed E-state index contributed by atoms with van der Waals surface area (Å²) in [4.78, 5) is 2.43. The Hall–Kier alpha value is -0.590. The van der Waals surface area contributed by atoms with Crippen LogP contribution < -0.4 is 5.32 Å². The molecule has 0 aromatic carbocycles. The van der Waals surface area contributed by atoms with Crippen molar-refractivity contribution in [3.63, 3.8) is 0 Å². The van der Waals surface area contributed by atoms with Gasteiger partial charge in [0.25, 0.3) is 0 Å². The zero-order valence-corrected chi connectivity index (χ0v) is 10.2. The smallest absolute Gasteiger partial charge is 0.108 e.